The number of hydrogen-bond donors (Lipinski definition) is 1. The van der Waals surface area contributed by atoms with Gasteiger partial charge in [-0.25, -0.2) is 8.42 Å². The molecule has 0 bridgehead atoms. The van der Waals surface area contributed by atoms with Crippen LogP contribution in [0.4, 0.5) is 5.69 Å². The zero-order chi connectivity index (χ0) is 27.0. The largest absolute Gasteiger partial charge is 0.354 e. The summed E-state index contributed by atoms with van der Waals surface area (Å²) < 4.78 is 26.4. The first-order valence-electron chi connectivity index (χ1n) is 11.9. The van der Waals surface area contributed by atoms with Crippen molar-refractivity contribution in [3.63, 3.8) is 0 Å². The van der Waals surface area contributed by atoms with Crippen LogP contribution in [0.1, 0.15) is 45.2 Å². The number of nitrogens with zero attached hydrogens (tertiary/aromatic N) is 2. The van der Waals surface area contributed by atoms with E-state index >= 15 is 0 Å². The Morgan fingerprint density at radius 3 is 2.17 bits per heavy atom. The van der Waals surface area contributed by atoms with E-state index in [1.54, 1.807) is 37.3 Å². The first kappa shape index (κ1) is 29.9. The SMILES string of the molecule is CCc1ccc(N(CC(=O)N(Cc2ccc(Cl)cc2Cl)[C@H](CC)C(=O)NCC(C)C)S(C)(=O)=O)cc1. The minimum atomic E-state index is -3.79. The third-order valence-corrected chi connectivity index (χ3v) is 7.47. The molecule has 0 saturated heterocycles. The van der Waals surface area contributed by atoms with Crippen molar-refractivity contribution in [2.45, 2.75) is 53.1 Å². The van der Waals surface area contributed by atoms with E-state index in [2.05, 4.69) is 5.32 Å². The van der Waals surface area contributed by atoms with Crippen LogP contribution in [0.15, 0.2) is 42.5 Å². The maximum atomic E-state index is 13.7. The van der Waals surface area contributed by atoms with E-state index < -0.39 is 28.5 Å². The molecule has 1 N–H and O–H groups in total. The van der Waals surface area contributed by atoms with E-state index in [-0.39, 0.29) is 18.4 Å². The zero-order valence-corrected chi connectivity index (χ0v) is 23.8. The summed E-state index contributed by atoms with van der Waals surface area (Å²) in [6.07, 6.45) is 2.20. The van der Waals surface area contributed by atoms with Crippen molar-refractivity contribution in [1.29, 1.82) is 0 Å². The third-order valence-electron chi connectivity index (χ3n) is 5.74. The van der Waals surface area contributed by atoms with Gasteiger partial charge in [0.2, 0.25) is 21.8 Å². The predicted molar refractivity (Wildman–Crippen MR) is 147 cm³/mol. The molecule has 0 spiro atoms. The number of benzene rings is 2. The summed E-state index contributed by atoms with van der Waals surface area (Å²) >= 11 is 12.4. The van der Waals surface area contributed by atoms with Crippen molar-refractivity contribution in [2.75, 3.05) is 23.7 Å². The number of aryl methyl sites for hydroxylation is 1. The minimum absolute atomic E-state index is 0.0226. The van der Waals surface area contributed by atoms with Gasteiger partial charge in [-0.2, -0.15) is 0 Å². The molecule has 0 unspecified atom stereocenters. The van der Waals surface area contributed by atoms with Gasteiger partial charge < -0.3 is 10.2 Å². The molecule has 36 heavy (non-hydrogen) atoms. The van der Waals surface area contributed by atoms with Gasteiger partial charge >= 0.3 is 0 Å². The van der Waals surface area contributed by atoms with Crippen molar-refractivity contribution in [3.8, 4) is 0 Å². The molecule has 7 nitrogen and oxygen atoms in total. The van der Waals surface area contributed by atoms with E-state index in [1.807, 2.05) is 32.9 Å². The second-order valence-corrected chi connectivity index (χ2v) is 11.9. The summed E-state index contributed by atoms with van der Waals surface area (Å²) in [4.78, 5) is 28.2. The summed E-state index contributed by atoms with van der Waals surface area (Å²) in [6.45, 7) is 7.79. The van der Waals surface area contributed by atoms with Crippen molar-refractivity contribution >= 4 is 50.7 Å². The van der Waals surface area contributed by atoms with Crippen LogP contribution < -0.4 is 9.62 Å². The van der Waals surface area contributed by atoms with Crippen LogP contribution in [0, 0.1) is 5.92 Å². The minimum Gasteiger partial charge on any atom is -0.354 e. The lowest BCUT2D eigenvalue weighted by molar-refractivity contribution is -0.140. The van der Waals surface area contributed by atoms with Gasteiger partial charge in [0, 0.05) is 23.1 Å². The van der Waals surface area contributed by atoms with E-state index in [4.69, 9.17) is 23.2 Å². The van der Waals surface area contributed by atoms with Crippen LogP contribution in [0.25, 0.3) is 0 Å². The Bertz CT molecular complexity index is 1150. The van der Waals surface area contributed by atoms with Crippen LogP contribution in [0.3, 0.4) is 0 Å². The molecule has 0 aliphatic heterocycles. The molecule has 2 rings (SSSR count). The second kappa shape index (κ2) is 13.3. The molecule has 0 aliphatic rings. The van der Waals surface area contributed by atoms with Gasteiger partial charge in [0.05, 0.1) is 11.9 Å². The summed E-state index contributed by atoms with van der Waals surface area (Å²) in [7, 11) is -3.79. The average molecular weight is 557 g/mol. The lowest BCUT2D eigenvalue weighted by atomic mass is 10.1. The monoisotopic (exact) mass is 555 g/mol. The Kier molecular flexibility index (Phi) is 11.1. The summed E-state index contributed by atoms with van der Waals surface area (Å²) in [5.74, 6) is -0.589. The molecule has 10 heteroatoms. The highest BCUT2D eigenvalue weighted by atomic mass is 35.5. The van der Waals surface area contributed by atoms with E-state index in [1.165, 1.54) is 4.90 Å². The van der Waals surface area contributed by atoms with E-state index in [0.717, 1.165) is 22.5 Å². The summed E-state index contributed by atoms with van der Waals surface area (Å²) in [5.41, 5.74) is 2.03. The number of amides is 2. The molecule has 2 aromatic carbocycles. The van der Waals surface area contributed by atoms with E-state index in [9.17, 15) is 18.0 Å². The lowest BCUT2D eigenvalue weighted by Gasteiger charge is -2.33. The molecular weight excluding hydrogens is 521 g/mol. The fraction of sp³-hybridized carbons (Fsp3) is 0.462. The van der Waals surface area contributed by atoms with Gasteiger partial charge in [0.1, 0.15) is 12.6 Å². The summed E-state index contributed by atoms with van der Waals surface area (Å²) in [5, 5.41) is 3.69. The van der Waals surface area contributed by atoms with Crippen molar-refractivity contribution < 1.29 is 18.0 Å². The normalized spacial score (nSPS) is 12.3. The molecule has 0 fully saturated rings. The molecule has 0 aromatic heterocycles. The highest BCUT2D eigenvalue weighted by Gasteiger charge is 2.32. The van der Waals surface area contributed by atoms with Crippen LogP contribution in [-0.4, -0.2) is 50.5 Å². The number of carbonyl (C=O) groups is 2. The molecular formula is C26H35Cl2N3O4S. The Morgan fingerprint density at radius 2 is 1.67 bits per heavy atom. The Morgan fingerprint density at radius 1 is 1.03 bits per heavy atom. The number of rotatable bonds is 12. The Labute approximate surface area is 224 Å². The van der Waals surface area contributed by atoms with Gasteiger partial charge in [-0.15, -0.1) is 0 Å². The van der Waals surface area contributed by atoms with Gasteiger partial charge in [-0.05, 0) is 54.2 Å². The predicted octanol–water partition coefficient (Wildman–Crippen LogP) is 4.90. The number of carbonyl (C=O) groups excluding carboxylic acids is 2. The molecule has 2 amide bonds. The number of nitrogens with one attached hydrogen (secondary N) is 1. The van der Waals surface area contributed by atoms with Crippen molar-refractivity contribution in [1.82, 2.24) is 10.2 Å². The molecule has 0 radical (unpaired) electrons. The maximum Gasteiger partial charge on any atom is 0.244 e. The van der Waals surface area contributed by atoms with Crippen LogP contribution in [0.2, 0.25) is 10.0 Å². The van der Waals surface area contributed by atoms with E-state index in [0.29, 0.717) is 34.3 Å². The van der Waals surface area contributed by atoms with Crippen molar-refractivity contribution in [2.24, 2.45) is 5.92 Å². The molecule has 0 saturated carbocycles. The Hall–Kier alpha value is -2.29. The smallest absolute Gasteiger partial charge is 0.244 e. The average Bonchev–Trinajstić information content (AvgIpc) is 2.81. The van der Waals surface area contributed by atoms with Gasteiger partial charge in [0.15, 0.2) is 0 Å². The number of anilines is 1. The molecule has 2 aromatic rings. The highest BCUT2D eigenvalue weighted by molar-refractivity contribution is 7.92. The summed E-state index contributed by atoms with van der Waals surface area (Å²) in [6, 6.07) is 11.1. The lowest BCUT2D eigenvalue weighted by Crippen LogP contribution is -2.52. The van der Waals surface area contributed by atoms with Crippen molar-refractivity contribution in [3.05, 3.63) is 63.6 Å². The maximum absolute atomic E-state index is 13.7. The standard InChI is InChI=1S/C26H35Cl2N3O4S/c1-6-19-8-12-22(13-9-19)31(36(5,34)35)17-25(32)30(16-20-10-11-21(27)14-23(20)28)24(7-2)26(33)29-15-18(3)4/h8-14,18,24H,6-7,15-17H2,1-5H3,(H,29,33)/t24-/m1/s1. The Balaban J connectivity index is 2.45. The van der Waals surface area contributed by atoms with Gasteiger partial charge in [0.25, 0.3) is 0 Å². The van der Waals surface area contributed by atoms with Gasteiger partial charge in [-0.3, -0.25) is 13.9 Å². The second-order valence-electron chi connectivity index (χ2n) is 9.11. The van der Waals surface area contributed by atoms with Crippen LogP contribution >= 0.6 is 23.2 Å². The molecule has 198 valence electrons. The fourth-order valence-corrected chi connectivity index (χ4v) is 5.00. The van der Waals surface area contributed by atoms with Crippen LogP contribution in [-0.2, 0) is 32.6 Å². The number of halogens is 2. The quantitative estimate of drug-likeness (QED) is 0.403. The first-order chi connectivity index (χ1) is 16.9. The van der Waals surface area contributed by atoms with Crippen LogP contribution in [0.5, 0.6) is 0 Å². The zero-order valence-electron chi connectivity index (χ0n) is 21.4. The fourth-order valence-electron chi connectivity index (χ4n) is 3.69. The molecule has 0 aliphatic carbocycles. The first-order valence-corrected chi connectivity index (χ1v) is 14.6. The third kappa shape index (κ3) is 8.39. The number of hydrogen-bond acceptors (Lipinski definition) is 4. The topological polar surface area (TPSA) is 86.8 Å². The highest BCUT2D eigenvalue weighted by Crippen LogP contribution is 2.25. The molecule has 0 heterocycles. The molecule has 1 atom stereocenters. The number of sulfonamides is 1. The van der Waals surface area contributed by atoms with Gasteiger partial charge in [-0.1, -0.05) is 69.1 Å².